The van der Waals surface area contributed by atoms with Crippen molar-refractivity contribution in [2.75, 3.05) is 34.5 Å². The van der Waals surface area contributed by atoms with Gasteiger partial charge >= 0.3 is 5.97 Å². The number of methoxy groups -OCH3 is 3. The van der Waals surface area contributed by atoms with Crippen LogP contribution in [0.1, 0.15) is 23.7 Å². The molecule has 10 nitrogen and oxygen atoms in total. The molecule has 1 aromatic carbocycles. The van der Waals surface area contributed by atoms with Crippen LogP contribution in [0.25, 0.3) is 10.4 Å². The Morgan fingerprint density at radius 3 is 2.48 bits per heavy atom. The lowest BCUT2D eigenvalue weighted by Gasteiger charge is -2.23. The number of carbonyl (C=O) groups is 2. The van der Waals surface area contributed by atoms with E-state index in [1.807, 2.05) is 6.92 Å². The van der Waals surface area contributed by atoms with Gasteiger partial charge in [0, 0.05) is 24.5 Å². The number of ether oxygens (including phenoxy) is 4. The van der Waals surface area contributed by atoms with Gasteiger partial charge in [0.05, 0.1) is 38.7 Å². The van der Waals surface area contributed by atoms with Gasteiger partial charge in [-0.05, 0) is 24.6 Å². The van der Waals surface area contributed by atoms with Crippen molar-refractivity contribution in [3.8, 4) is 11.5 Å². The lowest BCUT2D eigenvalue weighted by atomic mass is 10.1. The fraction of sp³-hybridized carbons (Fsp3) is 0.529. The highest BCUT2D eigenvalue weighted by atomic mass is 16.5. The largest absolute Gasteiger partial charge is 0.493 e. The normalized spacial score (nSPS) is 18.6. The van der Waals surface area contributed by atoms with E-state index in [9.17, 15) is 9.59 Å². The molecule has 1 fully saturated rings. The van der Waals surface area contributed by atoms with Crippen LogP contribution in [0, 0.1) is 0 Å². The lowest BCUT2D eigenvalue weighted by molar-refractivity contribution is -0.145. The Labute approximate surface area is 156 Å². The number of likely N-dealkylation sites (tertiary alicyclic amines) is 1. The molecule has 1 heterocycles. The van der Waals surface area contributed by atoms with E-state index in [0.717, 1.165) is 0 Å². The van der Waals surface area contributed by atoms with Crippen molar-refractivity contribution in [1.82, 2.24) is 4.90 Å². The average molecular weight is 378 g/mol. The highest BCUT2D eigenvalue weighted by Crippen LogP contribution is 2.36. The second kappa shape index (κ2) is 9.11. The van der Waals surface area contributed by atoms with Gasteiger partial charge in [-0.3, -0.25) is 4.79 Å². The molecule has 10 heteroatoms. The molecule has 146 valence electrons. The molecule has 1 amide bonds. The lowest BCUT2D eigenvalue weighted by Crippen LogP contribution is -2.41. The van der Waals surface area contributed by atoms with E-state index in [2.05, 4.69) is 10.0 Å². The third kappa shape index (κ3) is 4.24. The molecule has 2 atom stereocenters. The van der Waals surface area contributed by atoms with Gasteiger partial charge in [0.2, 0.25) is 0 Å². The summed E-state index contributed by atoms with van der Waals surface area (Å²) in [7, 11) is 4.12. The zero-order valence-corrected chi connectivity index (χ0v) is 15.7. The van der Waals surface area contributed by atoms with Crippen LogP contribution in [0.2, 0.25) is 0 Å². The fourth-order valence-electron chi connectivity index (χ4n) is 3.06. The number of hydrogen-bond acceptors (Lipinski definition) is 7. The van der Waals surface area contributed by atoms with Gasteiger partial charge in [-0.1, -0.05) is 5.11 Å². The summed E-state index contributed by atoms with van der Waals surface area (Å²) < 4.78 is 20.8. The Hall–Kier alpha value is -2.97. The number of esters is 1. The van der Waals surface area contributed by atoms with Crippen LogP contribution in [0.3, 0.4) is 0 Å². The maximum atomic E-state index is 13.2. The molecule has 0 bridgehead atoms. The number of carbonyl (C=O) groups excluding carboxylic acids is 2. The number of nitrogens with zero attached hydrogens (tertiary/aromatic N) is 4. The molecular formula is C17H22N4O6. The maximum absolute atomic E-state index is 13.2. The van der Waals surface area contributed by atoms with Gasteiger partial charge in [0.15, 0.2) is 11.5 Å². The van der Waals surface area contributed by atoms with Gasteiger partial charge in [-0.15, -0.1) is 0 Å². The van der Waals surface area contributed by atoms with E-state index in [1.54, 1.807) is 0 Å². The van der Waals surface area contributed by atoms with Crippen LogP contribution in [-0.4, -0.2) is 63.4 Å². The molecule has 1 aliphatic heterocycles. The summed E-state index contributed by atoms with van der Waals surface area (Å²) in [5.74, 6) is -0.408. The van der Waals surface area contributed by atoms with Crippen LogP contribution in [0.5, 0.6) is 11.5 Å². The number of amides is 1. The van der Waals surface area contributed by atoms with Crippen LogP contribution >= 0.6 is 0 Å². The molecular weight excluding hydrogens is 356 g/mol. The minimum Gasteiger partial charge on any atom is -0.493 e. The Morgan fingerprint density at radius 2 is 1.93 bits per heavy atom. The van der Waals surface area contributed by atoms with Gasteiger partial charge in [0.25, 0.3) is 5.91 Å². The smallest absolute Gasteiger partial charge is 0.328 e. The molecule has 0 saturated carbocycles. The Bertz CT molecular complexity index is 762. The van der Waals surface area contributed by atoms with Crippen molar-refractivity contribution in [2.45, 2.75) is 25.5 Å². The van der Waals surface area contributed by atoms with Crippen molar-refractivity contribution in [3.05, 3.63) is 28.1 Å². The Balaban J connectivity index is 2.47. The molecule has 1 aromatic rings. The minimum absolute atomic E-state index is 0.0728. The molecule has 0 N–H and O–H groups in total. The summed E-state index contributed by atoms with van der Waals surface area (Å²) in [6, 6.07) is 2.05. The zero-order valence-electron chi connectivity index (χ0n) is 15.7. The second-order valence-corrected chi connectivity index (χ2v) is 5.72. The highest BCUT2D eigenvalue weighted by Gasteiger charge is 2.41. The van der Waals surface area contributed by atoms with E-state index in [-0.39, 0.29) is 23.9 Å². The molecule has 1 saturated heterocycles. The molecule has 0 aliphatic carbocycles. The molecule has 27 heavy (non-hydrogen) atoms. The van der Waals surface area contributed by atoms with Gasteiger partial charge in [-0.25, -0.2) is 4.79 Å². The van der Waals surface area contributed by atoms with Crippen molar-refractivity contribution < 1.29 is 28.5 Å². The molecule has 2 rings (SSSR count). The SMILES string of the molecule is CCO[C@@H]1C[C@@H](C(=O)OC)N(C(=O)c2cc(OC)c(OC)cc2N=[N+]=[N-])C1. The summed E-state index contributed by atoms with van der Waals surface area (Å²) in [5.41, 5.74) is 9.01. The third-order valence-electron chi connectivity index (χ3n) is 4.28. The van der Waals surface area contributed by atoms with E-state index in [4.69, 9.17) is 24.5 Å². The van der Waals surface area contributed by atoms with Crippen LogP contribution < -0.4 is 9.47 Å². The molecule has 0 aromatic heterocycles. The third-order valence-corrected chi connectivity index (χ3v) is 4.28. The minimum atomic E-state index is -0.786. The first-order valence-corrected chi connectivity index (χ1v) is 8.32. The van der Waals surface area contributed by atoms with Crippen LogP contribution in [0.4, 0.5) is 5.69 Å². The molecule has 1 aliphatic rings. The number of rotatable bonds is 7. The standard InChI is InChI=1S/C17H22N4O6/c1-5-27-10-6-13(17(23)26-4)21(9-10)16(22)11-7-14(24-2)15(25-3)8-12(11)19-20-18/h7-8,10,13H,5-6,9H2,1-4H3/t10-,13+/m1/s1. The molecule has 0 unspecified atom stereocenters. The summed E-state index contributed by atoms with van der Waals surface area (Å²) in [6.45, 7) is 2.52. The number of azide groups is 1. The van der Waals surface area contributed by atoms with Crippen molar-refractivity contribution in [3.63, 3.8) is 0 Å². The highest BCUT2D eigenvalue weighted by molar-refractivity contribution is 6.02. The summed E-state index contributed by atoms with van der Waals surface area (Å²) in [4.78, 5) is 29.4. The number of hydrogen-bond donors (Lipinski definition) is 0. The topological polar surface area (TPSA) is 123 Å². The Kier molecular flexibility index (Phi) is 6.86. The molecule has 0 radical (unpaired) electrons. The first-order valence-electron chi connectivity index (χ1n) is 8.32. The first-order chi connectivity index (χ1) is 13.0. The van der Waals surface area contributed by atoms with E-state index < -0.39 is 17.9 Å². The average Bonchev–Trinajstić information content (AvgIpc) is 3.10. The van der Waals surface area contributed by atoms with E-state index in [0.29, 0.717) is 24.5 Å². The first kappa shape index (κ1) is 20.3. The monoisotopic (exact) mass is 378 g/mol. The summed E-state index contributed by atoms with van der Waals surface area (Å²) >= 11 is 0. The van der Waals surface area contributed by atoms with Crippen molar-refractivity contribution in [2.24, 2.45) is 5.11 Å². The van der Waals surface area contributed by atoms with Crippen molar-refractivity contribution >= 4 is 17.6 Å². The van der Waals surface area contributed by atoms with Crippen molar-refractivity contribution in [1.29, 1.82) is 0 Å². The number of benzene rings is 1. The van der Waals surface area contributed by atoms with Gasteiger partial charge in [-0.2, -0.15) is 0 Å². The summed E-state index contributed by atoms with van der Waals surface area (Å²) in [6.07, 6.45) is 0.0437. The predicted molar refractivity (Wildman–Crippen MR) is 95.2 cm³/mol. The maximum Gasteiger partial charge on any atom is 0.328 e. The quantitative estimate of drug-likeness (QED) is 0.311. The predicted octanol–water partition coefficient (Wildman–Crippen LogP) is 2.44. The summed E-state index contributed by atoms with van der Waals surface area (Å²) in [5, 5.41) is 3.58. The van der Waals surface area contributed by atoms with E-state index >= 15 is 0 Å². The zero-order chi connectivity index (χ0) is 20.0. The van der Waals surface area contributed by atoms with Crippen LogP contribution in [0.15, 0.2) is 17.2 Å². The second-order valence-electron chi connectivity index (χ2n) is 5.72. The van der Waals surface area contributed by atoms with Gasteiger partial charge < -0.3 is 23.8 Å². The van der Waals surface area contributed by atoms with Crippen LogP contribution in [-0.2, 0) is 14.3 Å². The van der Waals surface area contributed by atoms with Gasteiger partial charge in [0.1, 0.15) is 6.04 Å². The fourth-order valence-corrected chi connectivity index (χ4v) is 3.06. The molecule has 0 spiro atoms. The Morgan fingerprint density at radius 1 is 1.26 bits per heavy atom. The van der Waals surface area contributed by atoms with E-state index in [1.165, 1.54) is 38.4 Å².